The summed E-state index contributed by atoms with van der Waals surface area (Å²) in [5, 5.41) is 2.02. The Balaban J connectivity index is 2.49. The van der Waals surface area contributed by atoms with Crippen LogP contribution in [0.2, 0.25) is 0 Å². The van der Waals surface area contributed by atoms with E-state index in [1.165, 1.54) is 11.0 Å². The minimum absolute atomic E-state index is 0.763. The Morgan fingerprint density at radius 3 is 2.82 bits per heavy atom. The summed E-state index contributed by atoms with van der Waals surface area (Å²) < 4.78 is 0. The second kappa shape index (κ2) is 4.63. The Morgan fingerprint density at radius 1 is 1.27 bits per heavy atom. The normalized spacial score (nSPS) is 11.3. The summed E-state index contributed by atoms with van der Waals surface area (Å²) in [7, 11) is 0. The third-order valence-electron chi connectivity index (χ3n) is 1.10. The van der Waals surface area contributed by atoms with Crippen molar-refractivity contribution in [3.8, 4) is 0 Å². The number of rotatable bonds is 3. The van der Waals surface area contributed by atoms with Crippen molar-refractivity contribution in [3.05, 3.63) is 40.6 Å². The molecule has 0 saturated heterocycles. The van der Waals surface area contributed by atoms with Gasteiger partial charge in [-0.25, -0.2) is 0 Å². The van der Waals surface area contributed by atoms with E-state index in [9.17, 15) is 4.79 Å². The molecule has 0 aromatic carbocycles. The van der Waals surface area contributed by atoms with Gasteiger partial charge in [0.25, 0.3) is 0 Å². The second-order valence-corrected chi connectivity index (χ2v) is 2.87. The lowest BCUT2D eigenvalue weighted by molar-refractivity contribution is -0.104. The quantitative estimate of drug-likeness (QED) is 0.381. The van der Waals surface area contributed by atoms with Gasteiger partial charge in [-0.15, -0.1) is 11.3 Å². The first kappa shape index (κ1) is 7.95. The average Bonchev–Trinajstić information content (AvgIpc) is 2.50. The summed E-state index contributed by atoms with van der Waals surface area (Å²) in [5.41, 5.74) is 0. The van der Waals surface area contributed by atoms with Crippen LogP contribution < -0.4 is 0 Å². The molecule has 1 aromatic heterocycles. The number of thiophene rings is 1. The summed E-state index contributed by atoms with van der Waals surface area (Å²) in [6.45, 7) is 0. The minimum Gasteiger partial charge on any atom is -0.299 e. The predicted molar refractivity (Wildman–Crippen MR) is 48.6 cm³/mol. The summed E-state index contributed by atoms with van der Waals surface area (Å²) in [4.78, 5) is 11.0. The molecule has 1 nitrogen and oxygen atoms in total. The van der Waals surface area contributed by atoms with E-state index in [1.807, 2.05) is 29.7 Å². The standard InChI is InChI=1S/C9H8OS/c10-7-3-1-2-5-9-6-4-8-11-9/h1-8H/b3-1+,5-2+. The number of carbonyl (C=O) groups is 1. The van der Waals surface area contributed by atoms with Gasteiger partial charge in [0.1, 0.15) is 6.29 Å². The van der Waals surface area contributed by atoms with Crippen LogP contribution in [0.3, 0.4) is 0 Å². The minimum atomic E-state index is 0.763. The molecule has 0 spiro atoms. The number of hydrogen-bond acceptors (Lipinski definition) is 2. The molecule has 0 aliphatic rings. The van der Waals surface area contributed by atoms with Crippen molar-refractivity contribution >= 4 is 23.7 Å². The molecule has 56 valence electrons. The molecule has 0 fully saturated rings. The van der Waals surface area contributed by atoms with E-state index in [4.69, 9.17) is 0 Å². The number of aldehydes is 1. The molecule has 0 bridgehead atoms. The van der Waals surface area contributed by atoms with Crippen LogP contribution in [0, 0.1) is 0 Å². The number of allylic oxidation sites excluding steroid dienone is 3. The third kappa shape index (κ3) is 2.96. The molecule has 0 N–H and O–H groups in total. The van der Waals surface area contributed by atoms with E-state index in [-0.39, 0.29) is 0 Å². The molecule has 1 aromatic rings. The first-order valence-electron chi connectivity index (χ1n) is 3.25. The molecule has 0 aliphatic carbocycles. The van der Waals surface area contributed by atoms with Crippen molar-refractivity contribution in [1.29, 1.82) is 0 Å². The Hall–Kier alpha value is -1.15. The fraction of sp³-hybridized carbons (Fsp3) is 0. The molecule has 0 amide bonds. The molecule has 1 rings (SSSR count). The van der Waals surface area contributed by atoms with Gasteiger partial charge in [-0.05, 0) is 23.6 Å². The van der Waals surface area contributed by atoms with Gasteiger partial charge in [0.2, 0.25) is 0 Å². The summed E-state index contributed by atoms with van der Waals surface area (Å²) in [6.07, 6.45) is 7.75. The first-order valence-corrected chi connectivity index (χ1v) is 4.13. The van der Waals surface area contributed by atoms with Crippen LogP contribution in [0.5, 0.6) is 0 Å². The molecule has 0 radical (unpaired) electrons. The van der Waals surface area contributed by atoms with Crippen molar-refractivity contribution in [2.24, 2.45) is 0 Å². The average molecular weight is 164 g/mol. The monoisotopic (exact) mass is 164 g/mol. The fourth-order valence-electron chi connectivity index (χ4n) is 0.646. The number of hydrogen-bond donors (Lipinski definition) is 0. The highest BCUT2D eigenvalue weighted by atomic mass is 32.1. The van der Waals surface area contributed by atoms with Gasteiger partial charge >= 0.3 is 0 Å². The van der Waals surface area contributed by atoms with E-state index in [0.29, 0.717) is 0 Å². The predicted octanol–water partition coefficient (Wildman–Crippen LogP) is 2.52. The molecule has 0 unspecified atom stereocenters. The Labute approximate surface area is 69.7 Å². The van der Waals surface area contributed by atoms with E-state index < -0.39 is 0 Å². The molecular weight excluding hydrogens is 156 g/mol. The highest BCUT2D eigenvalue weighted by molar-refractivity contribution is 7.10. The smallest absolute Gasteiger partial charge is 0.142 e. The van der Waals surface area contributed by atoms with Gasteiger partial charge in [-0.3, -0.25) is 4.79 Å². The molecule has 0 saturated carbocycles. The van der Waals surface area contributed by atoms with Gasteiger partial charge in [0.05, 0.1) is 0 Å². The number of carbonyl (C=O) groups excluding carboxylic acids is 1. The molecule has 2 heteroatoms. The van der Waals surface area contributed by atoms with Crippen molar-refractivity contribution in [1.82, 2.24) is 0 Å². The van der Waals surface area contributed by atoms with E-state index >= 15 is 0 Å². The highest BCUT2D eigenvalue weighted by Crippen LogP contribution is 2.09. The Morgan fingerprint density at radius 2 is 2.18 bits per heavy atom. The lowest BCUT2D eigenvalue weighted by Gasteiger charge is -1.77. The van der Waals surface area contributed by atoms with E-state index in [0.717, 1.165) is 6.29 Å². The van der Waals surface area contributed by atoms with Gasteiger partial charge in [-0.2, -0.15) is 0 Å². The molecule has 11 heavy (non-hydrogen) atoms. The second-order valence-electron chi connectivity index (χ2n) is 1.90. The SMILES string of the molecule is O=C/C=C/C=C/c1cccs1. The molecular formula is C9H8OS. The van der Waals surface area contributed by atoms with Crippen LogP contribution in [0.15, 0.2) is 35.7 Å². The van der Waals surface area contributed by atoms with Crippen molar-refractivity contribution in [2.45, 2.75) is 0 Å². The van der Waals surface area contributed by atoms with Crippen molar-refractivity contribution in [3.63, 3.8) is 0 Å². The summed E-state index contributed by atoms with van der Waals surface area (Å²) in [5.74, 6) is 0. The topological polar surface area (TPSA) is 17.1 Å². The van der Waals surface area contributed by atoms with Crippen molar-refractivity contribution < 1.29 is 4.79 Å². The first-order chi connectivity index (χ1) is 5.43. The summed E-state index contributed by atoms with van der Waals surface area (Å²) >= 11 is 1.67. The van der Waals surface area contributed by atoms with Gasteiger partial charge in [-0.1, -0.05) is 18.2 Å². The maximum atomic E-state index is 9.85. The van der Waals surface area contributed by atoms with E-state index in [1.54, 1.807) is 17.4 Å². The van der Waals surface area contributed by atoms with Crippen LogP contribution in [-0.2, 0) is 4.79 Å². The van der Waals surface area contributed by atoms with Crippen LogP contribution in [0.25, 0.3) is 6.08 Å². The van der Waals surface area contributed by atoms with Gasteiger partial charge in [0, 0.05) is 4.88 Å². The molecule has 0 atom stereocenters. The fourth-order valence-corrected chi connectivity index (χ4v) is 1.27. The lowest BCUT2D eigenvalue weighted by atomic mass is 10.4. The largest absolute Gasteiger partial charge is 0.299 e. The van der Waals surface area contributed by atoms with Gasteiger partial charge < -0.3 is 0 Å². The molecule has 0 aliphatic heterocycles. The molecule has 1 heterocycles. The zero-order valence-electron chi connectivity index (χ0n) is 5.94. The Kier molecular flexibility index (Phi) is 3.35. The maximum absolute atomic E-state index is 9.85. The van der Waals surface area contributed by atoms with Crippen LogP contribution in [0.1, 0.15) is 4.88 Å². The maximum Gasteiger partial charge on any atom is 0.142 e. The van der Waals surface area contributed by atoms with Gasteiger partial charge in [0.15, 0.2) is 0 Å². The Bertz CT molecular complexity index is 257. The van der Waals surface area contributed by atoms with Crippen molar-refractivity contribution in [2.75, 3.05) is 0 Å². The highest BCUT2D eigenvalue weighted by Gasteiger charge is 1.81. The lowest BCUT2D eigenvalue weighted by Crippen LogP contribution is -1.57. The zero-order valence-corrected chi connectivity index (χ0v) is 6.75. The van der Waals surface area contributed by atoms with Crippen LogP contribution in [-0.4, -0.2) is 6.29 Å². The summed E-state index contributed by atoms with van der Waals surface area (Å²) in [6, 6.07) is 4.02. The third-order valence-corrected chi connectivity index (χ3v) is 1.94. The van der Waals surface area contributed by atoms with Crippen LogP contribution in [0.4, 0.5) is 0 Å². The zero-order chi connectivity index (χ0) is 7.94. The van der Waals surface area contributed by atoms with Crippen LogP contribution >= 0.6 is 11.3 Å². The van der Waals surface area contributed by atoms with E-state index in [2.05, 4.69) is 0 Å².